The number of hydrogen-bond acceptors (Lipinski definition) is 2. The molecule has 0 aliphatic carbocycles. The van der Waals surface area contributed by atoms with Crippen molar-refractivity contribution in [1.29, 1.82) is 0 Å². The van der Waals surface area contributed by atoms with Gasteiger partial charge in [-0.3, -0.25) is 9.48 Å². The van der Waals surface area contributed by atoms with Crippen LogP contribution in [0, 0.1) is 5.92 Å². The van der Waals surface area contributed by atoms with E-state index in [1.807, 2.05) is 11.1 Å². The summed E-state index contributed by atoms with van der Waals surface area (Å²) in [5.74, 6) is 1.40. The Kier molecular flexibility index (Phi) is 4.04. The second-order valence-corrected chi connectivity index (χ2v) is 5.60. The summed E-state index contributed by atoms with van der Waals surface area (Å²) in [7, 11) is 0. The summed E-state index contributed by atoms with van der Waals surface area (Å²) in [4.78, 5) is 13.2. The Hall–Kier alpha value is -1.32. The molecule has 1 aromatic heterocycles. The van der Waals surface area contributed by atoms with Crippen LogP contribution in [0.2, 0.25) is 0 Å². The van der Waals surface area contributed by atoms with Gasteiger partial charge in [0.05, 0.1) is 6.20 Å². The van der Waals surface area contributed by atoms with E-state index in [4.69, 9.17) is 0 Å². The summed E-state index contributed by atoms with van der Waals surface area (Å²) < 4.78 is 2.06. The van der Waals surface area contributed by atoms with E-state index in [1.165, 1.54) is 5.56 Å². The van der Waals surface area contributed by atoms with E-state index in [9.17, 15) is 4.79 Å². The van der Waals surface area contributed by atoms with Crippen LogP contribution in [-0.4, -0.2) is 33.7 Å². The number of hydrogen-bond donors (Lipinski definition) is 0. The van der Waals surface area contributed by atoms with E-state index in [-0.39, 0.29) is 5.91 Å². The number of carbonyl (C=O) groups is 1. The molecule has 1 aromatic rings. The average molecular weight is 249 g/mol. The van der Waals surface area contributed by atoms with Gasteiger partial charge in [0.1, 0.15) is 0 Å². The van der Waals surface area contributed by atoms with Crippen LogP contribution in [0.25, 0.3) is 0 Å². The average Bonchev–Trinajstić information content (AvgIpc) is 2.78. The SMILES string of the molecule is CC(=O)N1CCC(Cn2cc(C(C)C)cn2)CC1. The minimum absolute atomic E-state index is 0.203. The number of piperidine rings is 1. The number of amides is 1. The van der Waals surface area contributed by atoms with E-state index in [2.05, 4.69) is 29.8 Å². The van der Waals surface area contributed by atoms with Gasteiger partial charge in [0.2, 0.25) is 5.91 Å². The van der Waals surface area contributed by atoms with Crippen molar-refractivity contribution in [2.24, 2.45) is 5.92 Å². The molecule has 100 valence electrons. The van der Waals surface area contributed by atoms with Gasteiger partial charge in [0.25, 0.3) is 0 Å². The summed E-state index contributed by atoms with van der Waals surface area (Å²) in [6.07, 6.45) is 6.31. The highest BCUT2D eigenvalue weighted by Gasteiger charge is 2.21. The molecule has 0 saturated carbocycles. The maximum absolute atomic E-state index is 11.3. The van der Waals surface area contributed by atoms with Crippen LogP contribution in [0.4, 0.5) is 0 Å². The Morgan fingerprint density at radius 1 is 1.44 bits per heavy atom. The zero-order valence-corrected chi connectivity index (χ0v) is 11.6. The summed E-state index contributed by atoms with van der Waals surface area (Å²) >= 11 is 0. The Labute approximate surface area is 109 Å². The predicted octanol–water partition coefficient (Wildman–Crippen LogP) is 2.27. The van der Waals surface area contributed by atoms with Crippen molar-refractivity contribution < 1.29 is 4.79 Å². The molecule has 2 rings (SSSR count). The molecular formula is C14H23N3O. The third kappa shape index (κ3) is 3.12. The van der Waals surface area contributed by atoms with Crippen LogP contribution in [0.1, 0.15) is 45.1 Å². The fourth-order valence-electron chi connectivity index (χ4n) is 2.47. The monoisotopic (exact) mass is 249 g/mol. The second kappa shape index (κ2) is 5.55. The number of rotatable bonds is 3. The maximum Gasteiger partial charge on any atom is 0.219 e. The maximum atomic E-state index is 11.3. The van der Waals surface area contributed by atoms with Crippen molar-refractivity contribution in [1.82, 2.24) is 14.7 Å². The van der Waals surface area contributed by atoms with Crippen molar-refractivity contribution >= 4 is 5.91 Å². The largest absolute Gasteiger partial charge is 0.343 e. The lowest BCUT2D eigenvalue weighted by Crippen LogP contribution is -2.38. The van der Waals surface area contributed by atoms with Gasteiger partial charge in [-0.15, -0.1) is 0 Å². The van der Waals surface area contributed by atoms with Crippen LogP contribution >= 0.6 is 0 Å². The molecule has 0 N–H and O–H groups in total. The Bertz CT molecular complexity index is 403. The van der Waals surface area contributed by atoms with Crippen molar-refractivity contribution in [2.75, 3.05) is 13.1 Å². The molecule has 1 saturated heterocycles. The van der Waals surface area contributed by atoms with E-state index >= 15 is 0 Å². The molecule has 1 aliphatic heterocycles. The topological polar surface area (TPSA) is 38.1 Å². The summed E-state index contributed by atoms with van der Waals surface area (Å²) in [5.41, 5.74) is 1.30. The van der Waals surface area contributed by atoms with Gasteiger partial charge in [0, 0.05) is 32.8 Å². The van der Waals surface area contributed by atoms with E-state index in [0.29, 0.717) is 11.8 Å². The fourth-order valence-corrected chi connectivity index (χ4v) is 2.47. The van der Waals surface area contributed by atoms with Gasteiger partial charge in [-0.2, -0.15) is 5.10 Å². The molecular weight excluding hydrogens is 226 g/mol. The van der Waals surface area contributed by atoms with Gasteiger partial charge in [-0.05, 0) is 30.2 Å². The van der Waals surface area contributed by atoms with Crippen molar-refractivity contribution in [3.05, 3.63) is 18.0 Å². The highest BCUT2D eigenvalue weighted by atomic mass is 16.2. The van der Waals surface area contributed by atoms with Crippen LogP contribution in [0.5, 0.6) is 0 Å². The first-order chi connectivity index (χ1) is 8.56. The molecule has 0 atom stereocenters. The van der Waals surface area contributed by atoms with Gasteiger partial charge < -0.3 is 4.90 Å². The molecule has 1 amide bonds. The Morgan fingerprint density at radius 3 is 2.61 bits per heavy atom. The van der Waals surface area contributed by atoms with Crippen molar-refractivity contribution in [3.8, 4) is 0 Å². The molecule has 4 nitrogen and oxygen atoms in total. The Morgan fingerprint density at radius 2 is 2.11 bits per heavy atom. The molecule has 1 aliphatic rings. The molecule has 1 fully saturated rings. The summed E-state index contributed by atoms with van der Waals surface area (Å²) in [6, 6.07) is 0. The van der Waals surface area contributed by atoms with Crippen LogP contribution < -0.4 is 0 Å². The first kappa shape index (κ1) is 13.1. The van der Waals surface area contributed by atoms with Crippen LogP contribution in [-0.2, 0) is 11.3 Å². The van der Waals surface area contributed by atoms with E-state index in [0.717, 1.165) is 32.5 Å². The fraction of sp³-hybridized carbons (Fsp3) is 0.714. The highest BCUT2D eigenvalue weighted by Crippen LogP contribution is 2.20. The van der Waals surface area contributed by atoms with Gasteiger partial charge in [-0.1, -0.05) is 13.8 Å². The molecule has 0 spiro atoms. The number of aromatic nitrogens is 2. The lowest BCUT2D eigenvalue weighted by Gasteiger charge is -2.31. The number of carbonyl (C=O) groups excluding carboxylic acids is 1. The number of nitrogens with zero attached hydrogens (tertiary/aromatic N) is 3. The first-order valence-electron chi connectivity index (χ1n) is 6.84. The zero-order chi connectivity index (χ0) is 13.1. The quantitative estimate of drug-likeness (QED) is 0.824. The standard InChI is InChI=1S/C14H23N3O/c1-11(2)14-8-15-17(10-14)9-13-4-6-16(7-5-13)12(3)18/h8,10-11,13H,4-7,9H2,1-3H3. The summed E-state index contributed by atoms with van der Waals surface area (Å²) in [6.45, 7) is 8.82. The zero-order valence-electron chi connectivity index (χ0n) is 11.6. The minimum atomic E-state index is 0.203. The second-order valence-electron chi connectivity index (χ2n) is 5.60. The lowest BCUT2D eigenvalue weighted by molar-refractivity contribution is -0.130. The molecule has 0 unspecified atom stereocenters. The van der Waals surface area contributed by atoms with Crippen LogP contribution in [0.15, 0.2) is 12.4 Å². The van der Waals surface area contributed by atoms with Crippen molar-refractivity contribution in [2.45, 2.75) is 46.1 Å². The van der Waals surface area contributed by atoms with Gasteiger partial charge >= 0.3 is 0 Å². The van der Waals surface area contributed by atoms with Gasteiger partial charge in [0.15, 0.2) is 0 Å². The first-order valence-corrected chi connectivity index (χ1v) is 6.84. The molecule has 0 aromatic carbocycles. The minimum Gasteiger partial charge on any atom is -0.343 e. The molecule has 2 heterocycles. The normalized spacial score (nSPS) is 17.4. The lowest BCUT2D eigenvalue weighted by atomic mass is 9.97. The predicted molar refractivity (Wildman–Crippen MR) is 71.3 cm³/mol. The van der Waals surface area contributed by atoms with Crippen molar-refractivity contribution in [3.63, 3.8) is 0 Å². The molecule has 4 heteroatoms. The van der Waals surface area contributed by atoms with E-state index < -0.39 is 0 Å². The Balaban J connectivity index is 1.85. The smallest absolute Gasteiger partial charge is 0.219 e. The van der Waals surface area contributed by atoms with Gasteiger partial charge in [-0.25, -0.2) is 0 Å². The van der Waals surface area contributed by atoms with E-state index in [1.54, 1.807) is 6.92 Å². The molecule has 0 bridgehead atoms. The highest BCUT2D eigenvalue weighted by molar-refractivity contribution is 5.73. The molecule has 18 heavy (non-hydrogen) atoms. The van der Waals surface area contributed by atoms with Crippen LogP contribution in [0.3, 0.4) is 0 Å². The molecule has 0 radical (unpaired) electrons. The third-order valence-electron chi connectivity index (χ3n) is 3.82. The third-order valence-corrected chi connectivity index (χ3v) is 3.82. The number of likely N-dealkylation sites (tertiary alicyclic amines) is 1. The summed E-state index contributed by atoms with van der Waals surface area (Å²) in [5, 5.41) is 4.42.